The van der Waals surface area contributed by atoms with Gasteiger partial charge in [0.1, 0.15) is 0 Å². The van der Waals surface area contributed by atoms with Gasteiger partial charge in [0.15, 0.2) is 0 Å². The molecule has 0 bridgehead atoms. The lowest BCUT2D eigenvalue weighted by atomic mass is 9.98. The number of rotatable bonds is 10. The van der Waals surface area contributed by atoms with Gasteiger partial charge in [-0.25, -0.2) is 0 Å². The highest BCUT2D eigenvalue weighted by molar-refractivity contribution is 5.78. The number of carbonyl (C=O) groups is 1. The summed E-state index contributed by atoms with van der Waals surface area (Å²) >= 11 is 0. The molecule has 0 saturated heterocycles. The maximum Gasteiger partial charge on any atom is 0.222 e. The van der Waals surface area contributed by atoms with Crippen LogP contribution in [-0.4, -0.2) is 31.2 Å². The van der Waals surface area contributed by atoms with Crippen molar-refractivity contribution in [3.63, 3.8) is 0 Å². The predicted molar refractivity (Wildman–Crippen MR) is 87.1 cm³/mol. The van der Waals surface area contributed by atoms with E-state index in [9.17, 15) is 4.79 Å². The van der Waals surface area contributed by atoms with E-state index in [1.165, 1.54) is 32.1 Å². The van der Waals surface area contributed by atoms with Crippen molar-refractivity contribution in [3.8, 4) is 0 Å². The van der Waals surface area contributed by atoms with Crippen LogP contribution in [0.2, 0.25) is 0 Å². The molecule has 21 heavy (non-hydrogen) atoms. The van der Waals surface area contributed by atoms with Crippen molar-refractivity contribution in [1.29, 1.82) is 0 Å². The topological polar surface area (TPSA) is 64.4 Å². The lowest BCUT2D eigenvalue weighted by Gasteiger charge is -2.22. The SMILES string of the molecule is CC(N)CCCC(C)C(=O)NCCCOC1CCCCC1. The van der Waals surface area contributed by atoms with E-state index < -0.39 is 0 Å². The molecule has 0 spiro atoms. The van der Waals surface area contributed by atoms with Crippen LogP contribution in [0.3, 0.4) is 0 Å². The first-order valence-electron chi connectivity index (χ1n) is 8.74. The molecule has 1 saturated carbocycles. The standard InChI is InChI=1S/C17H34N2O2/c1-14(8-6-9-15(2)18)17(20)19-12-7-13-21-16-10-4-3-5-11-16/h14-16H,3-13,18H2,1-2H3,(H,19,20). The molecule has 0 radical (unpaired) electrons. The van der Waals surface area contributed by atoms with E-state index in [2.05, 4.69) is 5.32 Å². The summed E-state index contributed by atoms with van der Waals surface area (Å²) in [6.07, 6.45) is 10.7. The Morgan fingerprint density at radius 2 is 1.90 bits per heavy atom. The minimum Gasteiger partial charge on any atom is -0.378 e. The molecule has 4 nitrogen and oxygen atoms in total. The van der Waals surface area contributed by atoms with E-state index in [-0.39, 0.29) is 17.9 Å². The first-order valence-corrected chi connectivity index (χ1v) is 8.74. The van der Waals surface area contributed by atoms with E-state index in [0.717, 1.165) is 38.8 Å². The van der Waals surface area contributed by atoms with Crippen molar-refractivity contribution < 1.29 is 9.53 Å². The van der Waals surface area contributed by atoms with Gasteiger partial charge in [0, 0.05) is 25.1 Å². The van der Waals surface area contributed by atoms with Crippen LogP contribution in [0, 0.1) is 5.92 Å². The number of ether oxygens (including phenoxy) is 1. The molecule has 4 heteroatoms. The molecule has 2 unspecified atom stereocenters. The van der Waals surface area contributed by atoms with Crippen molar-refractivity contribution in [2.45, 2.75) is 83.8 Å². The molecule has 1 fully saturated rings. The van der Waals surface area contributed by atoms with Crippen LogP contribution in [0.1, 0.15) is 71.6 Å². The van der Waals surface area contributed by atoms with E-state index in [0.29, 0.717) is 6.10 Å². The van der Waals surface area contributed by atoms with Crippen molar-refractivity contribution >= 4 is 5.91 Å². The second-order valence-corrected chi connectivity index (χ2v) is 6.58. The Hall–Kier alpha value is -0.610. The summed E-state index contributed by atoms with van der Waals surface area (Å²) in [5, 5.41) is 3.01. The van der Waals surface area contributed by atoms with Crippen LogP contribution in [-0.2, 0) is 9.53 Å². The van der Waals surface area contributed by atoms with Crippen molar-refractivity contribution in [2.24, 2.45) is 11.7 Å². The molecule has 2 atom stereocenters. The maximum absolute atomic E-state index is 11.9. The first-order chi connectivity index (χ1) is 10.1. The van der Waals surface area contributed by atoms with Gasteiger partial charge in [-0.3, -0.25) is 4.79 Å². The van der Waals surface area contributed by atoms with Crippen LogP contribution < -0.4 is 11.1 Å². The van der Waals surface area contributed by atoms with E-state index in [4.69, 9.17) is 10.5 Å². The van der Waals surface area contributed by atoms with Crippen LogP contribution in [0.15, 0.2) is 0 Å². The second kappa shape index (κ2) is 11.0. The Labute approximate surface area is 130 Å². The molecule has 1 aliphatic carbocycles. The Bertz CT molecular complexity index is 276. The quantitative estimate of drug-likeness (QED) is 0.609. The highest BCUT2D eigenvalue weighted by Crippen LogP contribution is 2.20. The summed E-state index contributed by atoms with van der Waals surface area (Å²) in [7, 11) is 0. The second-order valence-electron chi connectivity index (χ2n) is 6.58. The fraction of sp³-hybridized carbons (Fsp3) is 0.941. The number of carbonyl (C=O) groups excluding carboxylic acids is 1. The third-order valence-electron chi connectivity index (χ3n) is 4.27. The zero-order chi connectivity index (χ0) is 15.5. The summed E-state index contributed by atoms with van der Waals surface area (Å²) in [5.41, 5.74) is 5.72. The fourth-order valence-corrected chi connectivity index (χ4v) is 2.82. The third-order valence-corrected chi connectivity index (χ3v) is 4.27. The largest absolute Gasteiger partial charge is 0.378 e. The lowest BCUT2D eigenvalue weighted by molar-refractivity contribution is -0.124. The molecule has 1 amide bonds. The zero-order valence-corrected chi connectivity index (χ0v) is 13.9. The average Bonchev–Trinajstić information content (AvgIpc) is 2.47. The van der Waals surface area contributed by atoms with Gasteiger partial charge in [0.25, 0.3) is 0 Å². The van der Waals surface area contributed by atoms with Gasteiger partial charge >= 0.3 is 0 Å². The summed E-state index contributed by atoms with van der Waals surface area (Å²) in [6.45, 7) is 5.50. The van der Waals surface area contributed by atoms with Gasteiger partial charge in [-0.1, -0.05) is 32.6 Å². The molecule has 0 aromatic rings. The molecule has 0 aromatic heterocycles. The van der Waals surface area contributed by atoms with E-state index in [1.807, 2.05) is 13.8 Å². The van der Waals surface area contributed by atoms with Gasteiger partial charge in [-0.05, 0) is 39.0 Å². The predicted octanol–water partition coefficient (Wildman–Crippen LogP) is 3.00. The Kier molecular flexibility index (Phi) is 9.68. The highest BCUT2D eigenvalue weighted by atomic mass is 16.5. The summed E-state index contributed by atoms with van der Waals surface area (Å²) in [5.74, 6) is 0.250. The number of nitrogens with two attached hydrogens (primary N) is 1. The van der Waals surface area contributed by atoms with Gasteiger partial charge in [0.05, 0.1) is 6.10 Å². The van der Waals surface area contributed by atoms with E-state index >= 15 is 0 Å². The summed E-state index contributed by atoms with van der Waals surface area (Å²) < 4.78 is 5.85. The summed E-state index contributed by atoms with van der Waals surface area (Å²) in [4.78, 5) is 11.9. The molecule has 1 rings (SSSR count). The van der Waals surface area contributed by atoms with E-state index in [1.54, 1.807) is 0 Å². The minimum absolute atomic E-state index is 0.0861. The van der Waals surface area contributed by atoms with Gasteiger partial charge in [0.2, 0.25) is 5.91 Å². The fourth-order valence-electron chi connectivity index (χ4n) is 2.82. The number of nitrogens with one attached hydrogen (secondary N) is 1. The Morgan fingerprint density at radius 3 is 2.57 bits per heavy atom. The molecular weight excluding hydrogens is 264 g/mol. The number of amides is 1. The smallest absolute Gasteiger partial charge is 0.222 e. The molecule has 0 aromatic carbocycles. The molecule has 0 heterocycles. The maximum atomic E-state index is 11.9. The van der Waals surface area contributed by atoms with Gasteiger partial charge < -0.3 is 15.8 Å². The number of hydrogen-bond donors (Lipinski definition) is 2. The highest BCUT2D eigenvalue weighted by Gasteiger charge is 2.14. The molecule has 0 aliphatic heterocycles. The van der Waals surface area contributed by atoms with Gasteiger partial charge in [-0.15, -0.1) is 0 Å². The number of hydrogen-bond acceptors (Lipinski definition) is 3. The van der Waals surface area contributed by atoms with Crippen molar-refractivity contribution in [1.82, 2.24) is 5.32 Å². The first kappa shape index (κ1) is 18.4. The molecule has 3 N–H and O–H groups in total. The molecule has 1 aliphatic rings. The normalized spacial score (nSPS) is 19.2. The Morgan fingerprint density at radius 1 is 1.19 bits per heavy atom. The molecular formula is C17H34N2O2. The zero-order valence-electron chi connectivity index (χ0n) is 13.9. The van der Waals surface area contributed by atoms with Crippen LogP contribution in [0.4, 0.5) is 0 Å². The minimum atomic E-state index is 0.0861. The lowest BCUT2D eigenvalue weighted by Crippen LogP contribution is -2.31. The average molecular weight is 298 g/mol. The van der Waals surface area contributed by atoms with Gasteiger partial charge in [-0.2, -0.15) is 0 Å². The van der Waals surface area contributed by atoms with Crippen LogP contribution in [0.5, 0.6) is 0 Å². The van der Waals surface area contributed by atoms with Crippen LogP contribution in [0.25, 0.3) is 0 Å². The van der Waals surface area contributed by atoms with Crippen LogP contribution >= 0.6 is 0 Å². The van der Waals surface area contributed by atoms with Crippen molar-refractivity contribution in [3.05, 3.63) is 0 Å². The Balaban J connectivity index is 1.96. The molecule has 124 valence electrons. The third kappa shape index (κ3) is 9.10. The monoisotopic (exact) mass is 298 g/mol. The van der Waals surface area contributed by atoms with Crippen molar-refractivity contribution in [2.75, 3.05) is 13.2 Å². The summed E-state index contributed by atoms with van der Waals surface area (Å²) in [6, 6.07) is 0.234.